The molecule has 110 valence electrons. The molecule has 0 spiro atoms. The molecule has 0 aromatic carbocycles. The van der Waals surface area contributed by atoms with Gasteiger partial charge in [0.1, 0.15) is 5.69 Å². The number of ether oxygens (including phenoxy) is 2. The fourth-order valence-corrected chi connectivity index (χ4v) is 1.44. The van der Waals surface area contributed by atoms with Crippen LogP contribution in [0.25, 0.3) is 0 Å². The van der Waals surface area contributed by atoms with Crippen molar-refractivity contribution in [1.29, 1.82) is 0 Å². The standard InChI is InChI=1S/C15H21NO4/c1-3-5-9-19-14(17)12-7-8-16-13(11-12)15(18)20-10-6-4-2/h7-8,11H,3-6,9-10H2,1-2H3. The summed E-state index contributed by atoms with van der Waals surface area (Å²) in [5, 5.41) is 0. The van der Waals surface area contributed by atoms with Crippen LogP contribution in [0.3, 0.4) is 0 Å². The molecule has 0 aliphatic heterocycles. The molecule has 1 rings (SSSR count). The number of pyridine rings is 1. The molecule has 0 saturated heterocycles. The minimum atomic E-state index is -0.512. The zero-order chi connectivity index (χ0) is 14.8. The number of hydrogen-bond acceptors (Lipinski definition) is 5. The van der Waals surface area contributed by atoms with Gasteiger partial charge in [-0.2, -0.15) is 0 Å². The van der Waals surface area contributed by atoms with Gasteiger partial charge in [0.25, 0.3) is 0 Å². The summed E-state index contributed by atoms with van der Waals surface area (Å²) in [5.74, 6) is -0.954. The highest BCUT2D eigenvalue weighted by atomic mass is 16.5. The van der Waals surface area contributed by atoms with Crippen LogP contribution in [0.5, 0.6) is 0 Å². The van der Waals surface area contributed by atoms with Gasteiger partial charge >= 0.3 is 11.9 Å². The summed E-state index contributed by atoms with van der Waals surface area (Å²) in [4.78, 5) is 27.4. The van der Waals surface area contributed by atoms with Crippen LogP contribution in [-0.2, 0) is 9.47 Å². The molecule has 0 atom stereocenters. The Hall–Kier alpha value is -1.91. The van der Waals surface area contributed by atoms with Gasteiger partial charge in [0.05, 0.1) is 18.8 Å². The van der Waals surface area contributed by atoms with Crippen molar-refractivity contribution in [3.63, 3.8) is 0 Å². The van der Waals surface area contributed by atoms with E-state index in [4.69, 9.17) is 9.47 Å². The molecule has 0 N–H and O–H groups in total. The molecule has 20 heavy (non-hydrogen) atoms. The molecule has 1 heterocycles. The number of nitrogens with zero attached hydrogens (tertiary/aromatic N) is 1. The van der Waals surface area contributed by atoms with Gasteiger partial charge in [0.2, 0.25) is 0 Å². The summed E-state index contributed by atoms with van der Waals surface area (Å²) < 4.78 is 10.1. The van der Waals surface area contributed by atoms with Gasteiger partial charge in [-0.15, -0.1) is 0 Å². The summed E-state index contributed by atoms with van der Waals surface area (Å²) >= 11 is 0. The van der Waals surface area contributed by atoms with Gasteiger partial charge in [0, 0.05) is 6.20 Å². The van der Waals surface area contributed by atoms with Crippen LogP contribution in [0.4, 0.5) is 0 Å². The van der Waals surface area contributed by atoms with Crippen molar-refractivity contribution >= 4 is 11.9 Å². The Labute approximate surface area is 119 Å². The highest BCUT2D eigenvalue weighted by Gasteiger charge is 2.13. The van der Waals surface area contributed by atoms with Crippen molar-refractivity contribution < 1.29 is 19.1 Å². The Bertz CT molecular complexity index is 408. The predicted octanol–water partition coefficient (Wildman–Crippen LogP) is 3.00. The molecule has 1 aromatic heterocycles. The molecular formula is C15H21NO4. The zero-order valence-corrected chi connectivity index (χ0v) is 12.1. The Kier molecular flexibility index (Phi) is 7.32. The lowest BCUT2D eigenvalue weighted by Gasteiger charge is -2.06. The van der Waals surface area contributed by atoms with Crippen LogP contribution < -0.4 is 0 Å². The van der Waals surface area contributed by atoms with E-state index in [1.165, 1.54) is 18.3 Å². The van der Waals surface area contributed by atoms with Crippen molar-refractivity contribution in [2.45, 2.75) is 39.5 Å². The lowest BCUT2D eigenvalue weighted by Crippen LogP contribution is -2.11. The van der Waals surface area contributed by atoms with E-state index in [-0.39, 0.29) is 5.69 Å². The van der Waals surface area contributed by atoms with E-state index in [9.17, 15) is 9.59 Å². The molecule has 5 nitrogen and oxygen atoms in total. The lowest BCUT2D eigenvalue weighted by molar-refractivity contribution is 0.0492. The normalized spacial score (nSPS) is 10.1. The van der Waals surface area contributed by atoms with Gasteiger partial charge in [-0.05, 0) is 25.0 Å². The van der Waals surface area contributed by atoms with Crippen LogP contribution in [0.1, 0.15) is 60.4 Å². The molecule has 0 radical (unpaired) electrons. The first kappa shape index (κ1) is 16.1. The Morgan fingerprint density at radius 1 is 1.05 bits per heavy atom. The first-order valence-corrected chi connectivity index (χ1v) is 6.99. The topological polar surface area (TPSA) is 65.5 Å². The minimum Gasteiger partial charge on any atom is -0.462 e. The maximum Gasteiger partial charge on any atom is 0.356 e. The number of carbonyl (C=O) groups is 2. The molecule has 0 saturated carbocycles. The third-order valence-electron chi connectivity index (χ3n) is 2.67. The van der Waals surface area contributed by atoms with Gasteiger partial charge in [-0.1, -0.05) is 26.7 Å². The van der Waals surface area contributed by atoms with Gasteiger partial charge in [-0.3, -0.25) is 0 Å². The van der Waals surface area contributed by atoms with E-state index in [1.54, 1.807) is 0 Å². The van der Waals surface area contributed by atoms with Gasteiger partial charge < -0.3 is 9.47 Å². The SMILES string of the molecule is CCCCOC(=O)c1ccnc(C(=O)OCCCC)c1. The summed E-state index contributed by atoms with van der Waals surface area (Å²) in [5.41, 5.74) is 0.449. The molecule has 0 unspecified atom stereocenters. The van der Waals surface area contributed by atoms with E-state index in [0.29, 0.717) is 18.8 Å². The average molecular weight is 279 g/mol. The maximum absolute atomic E-state index is 11.8. The van der Waals surface area contributed by atoms with Crippen molar-refractivity contribution in [1.82, 2.24) is 4.98 Å². The van der Waals surface area contributed by atoms with E-state index in [0.717, 1.165) is 25.7 Å². The van der Waals surface area contributed by atoms with E-state index in [1.807, 2.05) is 13.8 Å². The molecular weight excluding hydrogens is 258 g/mol. The molecule has 1 aromatic rings. The number of esters is 2. The smallest absolute Gasteiger partial charge is 0.356 e. The van der Waals surface area contributed by atoms with E-state index >= 15 is 0 Å². The number of rotatable bonds is 8. The Morgan fingerprint density at radius 3 is 2.25 bits per heavy atom. The second kappa shape index (κ2) is 9.07. The van der Waals surface area contributed by atoms with Crippen molar-refractivity contribution in [3.05, 3.63) is 29.6 Å². The fraction of sp³-hybridized carbons (Fsp3) is 0.533. The lowest BCUT2D eigenvalue weighted by atomic mass is 10.2. The van der Waals surface area contributed by atoms with Crippen LogP contribution in [-0.4, -0.2) is 30.1 Å². The third kappa shape index (κ3) is 5.38. The fourth-order valence-electron chi connectivity index (χ4n) is 1.44. The van der Waals surface area contributed by atoms with Crippen LogP contribution >= 0.6 is 0 Å². The van der Waals surface area contributed by atoms with Crippen LogP contribution in [0.15, 0.2) is 18.3 Å². The van der Waals surface area contributed by atoms with Crippen molar-refractivity contribution in [2.24, 2.45) is 0 Å². The van der Waals surface area contributed by atoms with Crippen LogP contribution in [0.2, 0.25) is 0 Å². The number of carbonyl (C=O) groups excluding carboxylic acids is 2. The van der Waals surface area contributed by atoms with Crippen LogP contribution in [0, 0.1) is 0 Å². The van der Waals surface area contributed by atoms with Gasteiger partial charge in [0.15, 0.2) is 0 Å². The summed E-state index contributed by atoms with van der Waals surface area (Å²) in [6.45, 7) is 4.78. The van der Waals surface area contributed by atoms with Gasteiger partial charge in [-0.25, -0.2) is 14.6 Å². The monoisotopic (exact) mass is 279 g/mol. The Morgan fingerprint density at radius 2 is 1.65 bits per heavy atom. The highest BCUT2D eigenvalue weighted by Crippen LogP contribution is 2.06. The molecule has 0 amide bonds. The molecule has 0 aliphatic carbocycles. The molecule has 0 fully saturated rings. The maximum atomic E-state index is 11.8. The van der Waals surface area contributed by atoms with Crippen molar-refractivity contribution in [2.75, 3.05) is 13.2 Å². The summed E-state index contributed by atoms with van der Waals surface area (Å²) in [6.07, 6.45) is 4.95. The Balaban J connectivity index is 2.60. The number of unbranched alkanes of at least 4 members (excludes halogenated alkanes) is 2. The largest absolute Gasteiger partial charge is 0.462 e. The second-order valence-electron chi connectivity index (χ2n) is 4.41. The third-order valence-corrected chi connectivity index (χ3v) is 2.67. The quantitative estimate of drug-likeness (QED) is 0.540. The second-order valence-corrected chi connectivity index (χ2v) is 4.41. The predicted molar refractivity (Wildman–Crippen MR) is 74.6 cm³/mol. The first-order chi connectivity index (χ1) is 9.69. The molecule has 5 heteroatoms. The van der Waals surface area contributed by atoms with E-state index in [2.05, 4.69) is 4.98 Å². The van der Waals surface area contributed by atoms with E-state index < -0.39 is 11.9 Å². The van der Waals surface area contributed by atoms with Crippen molar-refractivity contribution in [3.8, 4) is 0 Å². The highest BCUT2D eigenvalue weighted by molar-refractivity contribution is 5.93. The summed E-state index contributed by atoms with van der Waals surface area (Å²) in [6, 6.07) is 2.93. The number of aromatic nitrogens is 1. The minimum absolute atomic E-state index is 0.131. The summed E-state index contributed by atoms with van der Waals surface area (Å²) in [7, 11) is 0. The number of hydrogen-bond donors (Lipinski definition) is 0. The first-order valence-electron chi connectivity index (χ1n) is 6.99. The molecule has 0 bridgehead atoms. The zero-order valence-electron chi connectivity index (χ0n) is 12.1. The average Bonchev–Trinajstić information content (AvgIpc) is 2.47. The molecule has 0 aliphatic rings.